The molecule has 1 N–H and O–H groups in total. The van der Waals surface area contributed by atoms with Crippen LogP contribution in [0.25, 0.3) is 33.6 Å². The van der Waals surface area contributed by atoms with Crippen molar-refractivity contribution in [3.8, 4) is 28.3 Å². The summed E-state index contributed by atoms with van der Waals surface area (Å²) in [5, 5.41) is 2.78. The number of hydrogen-bond donors (Lipinski definition) is 1. The zero-order valence-electron chi connectivity index (χ0n) is 20.2. The number of rotatable bonds is 5. The van der Waals surface area contributed by atoms with Gasteiger partial charge in [-0.2, -0.15) is 0 Å². The van der Waals surface area contributed by atoms with Crippen molar-refractivity contribution in [2.45, 2.75) is 0 Å². The highest BCUT2D eigenvalue weighted by Crippen LogP contribution is 2.38. The van der Waals surface area contributed by atoms with E-state index < -0.39 is 24.7 Å². The molecule has 0 aliphatic heterocycles. The summed E-state index contributed by atoms with van der Waals surface area (Å²) in [5.41, 5.74) is 0.886. The quantitative estimate of drug-likeness (QED) is 0.337. The minimum absolute atomic E-state index is 0.0465. The molecular weight excluding hydrogens is 453 g/mol. The van der Waals surface area contributed by atoms with Gasteiger partial charge in [-0.15, -0.1) is 0 Å². The zero-order valence-corrected chi connectivity index (χ0v) is 18.0. The molecule has 0 aliphatic carbocycles. The molecule has 3 aromatic heterocycles. The van der Waals surface area contributed by atoms with Crippen LogP contribution >= 0.6 is 11.6 Å². The number of pyridine rings is 2. The Morgan fingerprint density at radius 2 is 1.97 bits per heavy atom. The number of furan rings is 1. The molecule has 0 saturated heterocycles. The molecule has 168 valence electrons. The molecule has 0 fully saturated rings. The number of amides is 1. The number of ether oxygens (including phenoxy) is 2. The van der Waals surface area contributed by atoms with E-state index in [0.717, 1.165) is 0 Å². The Balaban J connectivity index is 1.90. The number of methoxy groups -OCH3 is 2. The van der Waals surface area contributed by atoms with Gasteiger partial charge in [-0.3, -0.25) is 4.79 Å². The smallest absolute Gasteiger partial charge is 0.343 e. The molecule has 1 aromatic carbocycles. The van der Waals surface area contributed by atoms with E-state index in [1.54, 1.807) is 0 Å². The van der Waals surface area contributed by atoms with Crippen LogP contribution in [0.1, 0.15) is 24.8 Å². The van der Waals surface area contributed by atoms with Crippen molar-refractivity contribution in [1.82, 2.24) is 15.3 Å². The average molecular weight is 473 g/mol. The first kappa shape index (κ1) is 18.6. The predicted molar refractivity (Wildman–Crippen MR) is 119 cm³/mol. The van der Waals surface area contributed by atoms with Crippen molar-refractivity contribution in [2.24, 2.45) is 0 Å². The highest BCUT2D eigenvalue weighted by atomic mass is 35.5. The van der Waals surface area contributed by atoms with E-state index in [9.17, 15) is 14.0 Å². The molecule has 1 amide bonds. The molecule has 10 heteroatoms. The average Bonchev–Trinajstić information content (AvgIpc) is 3.20. The fraction of sp³-hybridized carbons (Fsp3) is 0.130. The second-order valence-corrected chi connectivity index (χ2v) is 7.10. The number of halogens is 2. The van der Waals surface area contributed by atoms with E-state index in [4.69, 9.17) is 24.9 Å². The van der Waals surface area contributed by atoms with Gasteiger partial charge in [-0.1, -0.05) is 11.6 Å². The second-order valence-electron chi connectivity index (χ2n) is 6.74. The lowest BCUT2D eigenvalue weighted by Crippen LogP contribution is -2.18. The summed E-state index contributed by atoms with van der Waals surface area (Å²) in [5.74, 6) is -2.14. The molecular formula is C23H17ClFN3O5. The molecule has 0 radical (unpaired) electrons. The maximum Gasteiger partial charge on any atom is 0.343 e. The van der Waals surface area contributed by atoms with Gasteiger partial charge in [-0.25, -0.2) is 19.2 Å². The SMILES string of the molecule is [2H]C([2H])([2H])OC(=O)c1cc(-c2cc3c(C(=O)NC)c(-c4ccc(F)cc4)oc3nc2Cl)cnc1OC. The molecule has 0 unspecified atom stereocenters. The van der Waals surface area contributed by atoms with Crippen molar-refractivity contribution in [1.29, 1.82) is 0 Å². The number of carbonyl (C=O) groups is 2. The highest BCUT2D eigenvalue weighted by Gasteiger charge is 2.25. The van der Waals surface area contributed by atoms with E-state index in [-0.39, 0.29) is 50.1 Å². The van der Waals surface area contributed by atoms with Gasteiger partial charge in [-0.05, 0) is 36.4 Å². The Hall–Kier alpha value is -3.98. The van der Waals surface area contributed by atoms with Gasteiger partial charge in [0.25, 0.3) is 5.91 Å². The van der Waals surface area contributed by atoms with Crippen LogP contribution < -0.4 is 10.1 Å². The van der Waals surface area contributed by atoms with Crippen molar-refractivity contribution >= 4 is 34.6 Å². The highest BCUT2D eigenvalue weighted by molar-refractivity contribution is 6.32. The number of nitrogens with zero attached hydrogens (tertiary/aromatic N) is 2. The third-order valence-electron chi connectivity index (χ3n) is 4.86. The topological polar surface area (TPSA) is 104 Å². The van der Waals surface area contributed by atoms with Crippen LogP contribution in [0.2, 0.25) is 5.15 Å². The summed E-state index contributed by atoms with van der Waals surface area (Å²) >= 11 is 6.41. The van der Waals surface area contributed by atoms with Gasteiger partial charge in [0, 0.05) is 29.9 Å². The maximum absolute atomic E-state index is 13.4. The van der Waals surface area contributed by atoms with Gasteiger partial charge in [0.15, 0.2) is 0 Å². The number of esters is 1. The molecule has 0 spiro atoms. The minimum atomic E-state index is -2.98. The molecule has 33 heavy (non-hydrogen) atoms. The summed E-state index contributed by atoms with van der Waals surface area (Å²) in [6.45, 7) is 0. The lowest BCUT2D eigenvalue weighted by atomic mass is 10.0. The molecule has 4 aromatic rings. The Labute approximate surface area is 196 Å². The molecule has 0 atom stereocenters. The lowest BCUT2D eigenvalue weighted by molar-refractivity contribution is 0.0596. The predicted octanol–water partition coefficient (Wildman–Crippen LogP) is 4.50. The first-order valence-corrected chi connectivity index (χ1v) is 9.79. The van der Waals surface area contributed by atoms with Crippen LogP contribution in [0, 0.1) is 5.82 Å². The summed E-state index contributed by atoms with van der Waals surface area (Å²) in [6.07, 6.45) is 1.33. The summed E-state index contributed by atoms with van der Waals surface area (Å²) < 4.78 is 50.3. The molecule has 0 saturated carbocycles. The normalized spacial score (nSPS) is 12.5. The number of hydrogen-bond acceptors (Lipinski definition) is 7. The molecule has 8 nitrogen and oxygen atoms in total. The number of carbonyl (C=O) groups excluding carboxylic acids is 2. The summed E-state index contributed by atoms with van der Waals surface area (Å²) in [7, 11) is -0.283. The first-order chi connectivity index (χ1) is 17.0. The van der Waals surface area contributed by atoms with Crippen LogP contribution in [0.4, 0.5) is 4.39 Å². The van der Waals surface area contributed by atoms with Crippen molar-refractivity contribution < 1.29 is 32.0 Å². The van der Waals surface area contributed by atoms with E-state index in [2.05, 4.69) is 20.0 Å². The largest absolute Gasteiger partial charge is 0.480 e. The summed E-state index contributed by atoms with van der Waals surface area (Å²) in [6, 6.07) is 8.18. The van der Waals surface area contributed by atoms with E-state index in [1.165, 1.54) is 56.8 Å². The van der Waals surface area contributed by atoms with Gasteiger partial charge in [0.05, 0.1) is 29.2 Å². The third-order valence-corrected chi connectivity index (χ3v) is 5.15. The standard InChI is InChI=1S/C23H17ClFN3O5/c1-26-20(29)17-15-9-14(12-8-16(23(30)32-3)21(31-2)27-10-12)19(24)28-22(15)33-18(17)11-4-6-13(25)7-5-11/h4-10H,1-3H3,(H,26,29)/i3D3. The van der Waals surface area contributed by atoms with E-state index >= 15 is 0 Å². The lowest BCUT2D eigenvalue weighted by Gasteiger charge is -2.09. The number of fused-ring (bicyclic) bond motifs is 1. The number of aromatic nitrogens is 2. The fourth-order valence-electron chi connectivity index (χ4n) is 3.32. The minimum Gasteiger partial charge on any atom is -0.480 e. The Morgan fingerprint density at radius 1 is 1.21 bits per heavy atom. The molecule has 0 aliphatic rings. The van der Waals surface area contributed by atoms with Crippen LogP contribution in [-0.4, -0.2) is 43.0 Å². The third kappa shape index (κ3) is 3.98. The Bertz CT molecular complexity index is 1490. The van der Waals surface area contributed by atoms with Crippen LogP contribution in [0.3, 0.4) is 0 Å². The van der Waals surface area contributed by atoms with Gasteiger partial charge < -0.3 is 19.2 Å². The summed E-state index contributed by atoms with van der Waals surface area (Å²) in [4.78, 5) is 33.5. The first-order valence-electron chi connectivity index (χ1n) is 10.9. The fourth-order valence-corrected chi connectivity index (χ4v) is 3.56. The van der Waals surface area contributed by atoms with Gasteiger partial charge >= 0.3 is 5.97 Å². The van der Waals surface area contributed by atoms with E-state index in [0.29, 0.717) is 5.56 Å². The van der Waals surface area contributed by atoms with Crippen molar-refractivity contribution in [3.63, 3.8) is 0 Å². The van der Waals surface area contributed by atoms with Gasteiger partial charge in [0.1, 0.15) is 22.3 Å². The Morgan fingerprint density at radius 3 is 2.64 bits per heavy atom. The van der Waals surface area contributed by atoms with Gasteiger partial charge in [0.2, 0.25) is 11.6 Å². The van der Waals surface area contributed by atoms with Crippen molar-refractivity contribution in [3.05, 3.63) is 64.7 Å². The van der Waals surface area contributed by atoms with E-state index in [1.807, 2.05) is 0 Å². The number of nitrogens with one attached hydrogen (secondary N) is 1. The molecule has 4 rings (SSSR count). The molecule has 0 bridgehead atoms. The monoisotopic (exact) mass is 472 g/mol. The number of benzene rings is 1. The second kappa shape index (κ2) is 8.87. The van der Waals surface area contributed by atoms with Crippen LogP contribution in [-0.2, 0) is 4.74 Å². The zero-order chi connectivity index (χ0) is 26.2. The Kier molecular flexibility index (Phi) is 4.99. The van der Waals surface area contributed by atoms with Crippen molar-refractivity contribution in [2.75, 3.05) is 21.2 Å². The van der Waals surface area contributed by atoms with Crippen LogP contribution in [0.5, 0.6) is 5.88 Å². The van der Waals surface area contributed by atoms with Crippen LogP contribution in [0.15, 0.2) is 47.0 Å². The molecule has 3 heterocycles. The maximum atomic E-state index is 13.4.